The highest BCUT2D eigenvalue weighted by atomic mass is 32.2. The molecule has 0 bridgehead atoms. The van der Waals surface area contributed by atoms with Crippen LogP contribution in [0.4, 0.5) is 10.5 Å². The lowest BCUT2D eigenvalue weighted by Gasteiger charge is -2.10. The second kappa shape index (κ2) is 7.90. The van der Waals surface area contributed by atoms with Gasteiger partial charge in [-0.05, 0) is 55.9 Å². The monoisotopic (exact) mass is 314 g/mol. The average Bonchev–Trinajstić information content (AvgIpc) is 2.49. The Morgan fingerprint density at radius 3 is 2.68 bits per heavy atom. The van der Waals surface area contributed by atoms with Gasteiger partial charge in [0.1, 0.15) is 0 Å². The molecule has 0 heterocycles. The number of urea groups is 1. The molecule has 0 unspecified atom stereocenters. The zero-order chi connectivity index (χ0) is 15.9. The van der Waals surface area contributed by atoms with Gasteiger partial charge in [-0.3, -0.25) is 0 Å². The van der Waals surface area contributed by atoms with Gasteiger partial charge < -0.3 is 10.6 Å². The van der Waals surface area contributed by atoms with Crippen molar-refractivity contribution in [2.24, 2.45) is 0 Å². The van der Waals surface area contributed by atoms with Crippen molar-refractivity contribution in [3.63, 3.8) is 0 Å². The molecule has 0 aliphatic carbocycles. The number of benzene rings is 2. The Morgan fingerprint density at radius 2 is 1.95 bits per heavy atom. The van der Waals surface area contributed by atoms with Crippen molar-refractivity contribution in [3.8, 4) is 0 Å². The zero-order valence-corrected chi connectivity index (χ0v) is 14.1. The first-order chi connectivity index (χ1) is 10.6. The quantitative estimate of drug-likeness (QED) is 0.804. The molecular formula is C18H22N2OS. The lowest BCUT2D eigenvalue weighted by atomic mass is 10.0. The summed E-state index contributed by atoms with van der Waals surface area (Å²) in [7, 11) is 0. The van der Waals surface area contributed by atoms with Gasteiger partial charge in [-0.2, -0.15) is 0 Å². The first kappa shape index (κ1) is 16.4. The van der Waals surface area contributed by atoms with E-state index in [1.807, 2.05) is 30.5 Å². The van der Waals surface area contributed by atoms with E-state index in [0.717, 1.165) is 17.0 Å². The number of carbonyl (C=O) groups is 1. The lowest BCUT2D eigenvalue weighted by Crippen LogP contribution is -2.30. The molecule has 116 valence electrons. The number of carbonyl (C=O) groups excluding carboxylic acids is 1. The summed E-state index contributed by atoms with van der Waals surface area (Å²) in [4.78, 5) is 13.0. The van der Waals surface area contributed by atoms with Crippen molar-refractivity contribution < 1.29 is 4.79 Å². The van der Waals surface area contributed by atoms with E-state index >= 15 is 0 Å². The van der Waals surface area contributed by atoms with Gasteiger partial charge in [0.15, 0.2) is 0 Å². The van der Waals surface area contributed by atoms with E-state index in [1.54, 1.807) is 11.8 Å². The molecule has 2 amide bonds. The minimum atomic E-state index is -0.164. The molecule has 4 heteroatoms. The molecule has 2 aromatic carbocycles. The number of nitrogens with one attached hydrogen (secondary N) is 2. The number of hydrogen-bond acceptors (Lipinski definition) is 2. The summed E-state index contributed by atoms with van der Waals surface area (Å²) in [5, 5.41) is 5.77. The van der Waals surface area contributed by atoms with Crippen LogP contribution in [0.15, 0.2) is 47.4 Å². The Kier molecular flexibility index (Phi) is 5.90. The molecule has 0 spiro atoms. The molecule has 0 aliphatic heterocycles. The van der Waals surface area contributed by atoms with Crippen LogP contribution in [0.5, 0.6) is 0 Å². The van der Waals surface area contributed by atoms with Gasteiger partial charge in [0.05, 0.1) is 0 Å². The van der Waals surface area contributed by atoms with Gasteiger partial charge in [0.25, 0.3) is 0 Å². The fourth-order valence-electron chi connectivity index (χ4n) is 2.31. The third-order valence-corrected chi connectivity index (χ3v) is 4.23. The van der Waals surface area contributed by atoms with Crippen molar-refractivity contribution in [1.29, 1.82) is 0 Å². The Morgan fingerprint density at radius 1 is 1.14 bits per heavy atom. The van der Waals surface area contributed by atoms with Crippen LogP contribution in [-0.2, 0) is 6.42 Å². The summed E-state index contributed by atoms with van der Waals surface area (Å²) in [6.07, 6.45) is 2.85. The van der Waals surface area contributed by atoms with E-state index in [0.29, 0.717) is 6.54 Å². The van der Waals surface area contributed by atoms with Gasteiger partial charge in [-0.15, -0.1) is 11.8 Å². The summed E-state index contributed by atoms with van der Waals surface area (Å²) >= 11 is 1.66. The van der Waals surface area contributed by atoms with Crippen LogP contribution in [0, 0.1) is 13.8 Å². The summed E-state index contributed by atoms with van der Waals surface area (Å²) in [5.41, 5.74) is 4.63. The Hall–Kier alpha value is -1.94. The molecule has 0 atom stereocenters. The number of anilines is 1. The maximum atomic E-state index is 11.9. The second-order valence-corrected chi connectivity index (χ2v) is 6.17. The van der Waals surface area contributed by atoms with E-state index in [9.17, 15) is 4.79 Å². The molecule has 3 nitrogen and oxygen atoms in total. The Bertz CT molecular complexity index is 655. The standard InChI is InChI=1S/C18H22N2OS/c1-13-7-8-15(14(2)11-13)9-10-19-18(21)20-16-5-4-6-17(12-16)22-3/h4-8,11-12H,9-10H2,1-3H3,(H2,19,20,21). The van der Waals surface area contributed by atoms with Crippen molar-refractivity contribution >= 4 is 23.5 Å². The third kappa shape index (κ3) is 4.81. The molecular weight excluding hydrogens is 292 g/mol. The van der Waals surface area contributed by atoms with E-state index < -0.39 is 0 Å². The number of rotatable bonds is 5. The maximum absolute atomic E-state index is 11.9. The smallest absolute Gasteiger partial charge is 0.319 e. The van der Waals surface area contributed by atoms with Crippen LogP contribution in [0.1, 0.15) is 16.7 Å². The first-order valence-corrected chi connectivity index (χ1v) is 8.56. The van der Waals surface area contributed by atoms with E-state index in [-0.39, 0.29) is 6.03 Å². The Labute approximate surface area is 136 Å². The van der Waals surface area contributed by atoms with Crippen molar-refractivity contribution in [2.45, 2.75) is 25.2 Å². The minimum Gasteiger partial charge on any atom is -0.338 e. The fraction of sp³-hybridized carbons (Fsp3) is 0.278. The van der Waals surface area contributed by atoms with Crippen LogP contribution in [0.2, 0.25) is 0 Å². The Balaban J connectivity index is 1.82. The van der Waals surface area contributed by atoms with Crippen LogP contribution >= 0.6 is 11.8 Å². The first-order valence-electron chi connectivity index (χ1n) is 7.33. The van der Waals surface area contributed by atoms with Gasteiger partial charge >= 0.3 is 6.03 Å². The zero-order valence-electron chi connectivity index (χ0n) is 13.3. The van der Waals surface area contributed by atoms with Crippen molar-refractivity contribution in [1.82, 2.24) is 5.32 Å². The van der Waals surface area contributed by atoms with Gasteiger partial charge in [0.2, 0.25) is 0 Å². The van der Waals surface area contributed by atoms with Crippen molar-refractivity contribution in [3.05, 3.63) is 59.2 Å². The highest BCUT2D eigenvalue weighted by Gasteiger charge is 2.03. The topological polar surface area (TPSA) is 41.1 Å². The van der Waals surface area contributed by atoms with Crippen LogP contribution in [0.25, 0.3) is 0 Å². The number of thioether (sulfide) groups is 1. The minimum absolute atomic E-state index is 0.164. The van der Waals surface area contributed by atoms with Gasteiger partial charge in [-0.25, -0.2) is 4.79 Å². The molecule has 0 aliphatic rings. The summed E-state index contributed by atoms with van der Waals surface area (Å²) in [6.45, 7) is 4.82. The fourth-order valence-corrected chi connectivity index (χ4v) is 2.77. The number of aryl methyl sites for hydroxylation is 2. The van der Waals surface area contributed by atoms with E-state index in [1.165, 1.54) is 16.7 Å². The molecule has 0 fully saturated rings. The average molecular weight is 314 g/mol. The molecule has 22 heavy (non-hydrogen) atoms. The second-order valence-electron chi connectivity index (χ2n) is 5.29. The van der Waals surface area contributed by atoms with Crippen LogP contribution in [-0.4, -0.2) is 18.8 Å². The molecule has 2 aromatic rings. The normalized spacial score (nSPS) is 10.3. The SMILES string of the molecule is CSc1cccc(NC(=O)NCCc2ccc(C)cc2C)c1. The summed E-state index contributed by atoms with van der Waals surface area (Å²) in [5.74, 6) is 0. The molecule has 2 rings (SSSR count). The molecule has 0 radical (unpaired) electrons. The highest BCUT2D eigenvalue weighted by Crippen LogP contribution is 2.18. The molecule has 0 aromatic heterocycles. The van der Waals surface area contributed by atoms with E-state index in [4.69, 9.17) is 0 Å². The highest BCUT2D eigenvalue weighted by molar-refractivity contribution is 7.98. The summed E-state index contributed by atoms with van der Waals surface area (Å²) in [6, 6.07) is 14.1. The molecule has 0 saturated carbocycles. The predicted octanol–water partition coefficient (Wildman–Crippen LogP) is 4.39. The number of hydrogen-bond donors (Lipinski definition) is 2. The summed E-state index contributed by atoms with van der Waals surface area (Å²) < 4.78 is 0. The van der Waals surface area contributed by atoms with Crippen molar-refractivity contribution in [2.75, 3.05) is 18.1 Å². The molecule has 2 N–H and O–H groups in total. The van der Waals surface area contributed by atoms with Crippen LogP contribution < -0.4 is 10.6 Å². The van der Waals surface area contributed by atoms with Crippen LogP contribution in [0.3, 0.4) is 0 Å². The predicted molar refractivity (Wildman–Crippen MR) is 94.9 cm³/mol. The number of amides is 2. The molecule has 0 saturated heterocycles. The lowest BCUT2D eigenvalue weighted by molar-refractivity contribution is 0.252. The van der Waals surface area contributed by atoms with Gasteiger partial charge in [0, 0.05) is 17.1 Å². The van der Waals surface area contributed by atoms with E-state index in [2.05, 4.69) is 42.7 Å². The maximum Gasteiger partial charge on any atom is 0.319 e. The van der Waals surface area contributed by atoms with Gasteiger partial charge in [-0.1, -0.05) is 29.8 Å². The largest absolute Gasteiger partial charge is 0.338 e. The third-order valence-electron chi connectivity index (χ3n) is 3.51.